The molecule has 0 bridgehead atoms. The van der Waals surface area contributed by atoms with Crippen LogP contribution in [0.5, 0.6) is 0 Å². The SMILES string of the molecule is C=C(S)C1=NC(C)(C)C(C)(C)c2c1cc1c(c2C)-c2ccccc2C1(C)C. The summed E-state index contributed by atoms with van der Waals surface area (Å²) in [6, 6.07) is 11.2. The summed E-state index contributed by atoms with van der Waals surface area (Å²) in [4.78, 5) is 5.86. The van der Waals surface area contributed by atoms with E-state index in [0.29, 0.717) is 0 Å². The Kier molecular flexibility index (Phi) is 3.70. The molecule has 2 aromatic carbocycles. The molecule has 0 saturated heterocycles. The molecule has 1 nitrogen and oxygen atoms in total. The number of aliphatic imine (C=N–C) groups is 1. The number of rotatable bonds is 1. The predicted molar refractivity (Wildman–Crippen MR) is 121 cm³/mol. The molecule has 0 radical (unpaired) electrons. The van der Waals surface area contributed by atoms with Crippen LogP contribution < -0.4 is 0 Å². The van der Waals surface area contributed by atoms with Crippen molar-refractivity contribution in [2.45, 2.75) is 64.8 Å². The second-order valence-electron chi connectivity index (χ2n) is 9.61. The fourth-order valence-corrected chi connectivity index (χ4v) is 5.22. The smallest absolute Gasteiger partial charge is 0.0783 e. The summed E-state index contributed by atoms with van der Waals surface area (Å²) in [5, 5.41) is 0. The number of allylic oxidation sites excluding steroid dienone is 1. The van der Waals surface area contributed by atoms with Crippen molar-refractivity contribution in [3.63, 3.8) is 0 Å². The molecule has 0 fully saturated rings. The van der Waals surface area contributed by atoms with Crippen molar-refractivity contribution in [3.05, 3.63) is 69.6 Å². The van der Waals surface area contributed by atoms with Crippen LogP contribution in [0.1, 0.15) is 69.4 Å². The third-order valence-electron chi connectivity index (χ3n) is 7.19. The van der Waals surface area contributed by atoms with E-state index in [1.807, 2.05) is 0 Å². The van der Waals surface area contributed by atoms with Gasteiger partial charge in [0.25, 0.3) is 0 Å². The molecule has 0 atom stereocenters. The maximum absolute atomic E-state index is 5.11. The minimum absolute atomic E-state index is 0.0220. The van der Waals surface area contributed by atoms with Crippen molar-refractivity contribution < 1.29 is 0 Å². The van der Waals surface area contributed by atoms with Gasteiger partial charge in [-0.05, 0) is 60.2 Å². The summed E-state index contributed by atoms with van der Waals surface area (Å²) < 4.78 is 0. The van der Waals surface area contributed by atoms with Crippen LogP contribution in [0.25, 0.3) is 11.1 Å². The van der Waals surface area contributed by atoms with E-state index < -0.39 is 0 Å². The van der Waals surface area contributed by atoms with Gasteiger partial charge in [-0.2, -0.15) is 0 Å². The van der Waals surface area contributed by atoms with Crippen LogP contribution in [0.3, 0.4) is 0 Å². The van der Waals surface area contributed by atoms with E-state index in [0.717, 1.165) is 10.6 Å². The first-order valence-corrected chi connectivity index (χ1v) is 10.1. The topological polar surface area (TPSA) is 12.4 Å². The number of nitrogens with zero attached hydrogens (tertiary/aromatic N) is 1. The Morgan fingerprint density at radius 3 is 2.22 bits per heavy atom. The highest BCUT2D eigenvalue weighted by molar-refractivity contribution is 7.85. The highest BCUT2D eigenvalue weighted by Crippen LogP contribution is 2.55. The molecule has 0 amide bonds. The third kappa shape index (κ3) is 2.23. The largest absolute Gasteiger partial charge is 0.277 e. The molecule has 1 aliphatic heterocycles. The zero-order valence-electron chi connectivity index (χ0n) is 17.5. The molecule has 1 heterocycles. The Balaban J connectivity index is 2.17. The van der Waals surface area contributed by atoms with Crippen LogP contribution in [0.15, 0.2) is 46.8 Å². The van der Waals surface area contributed by atoms with Gasteiger partial charge in [-0.1, -0.05) is 58.5 Å². The standard InChI is InChI=1S/C25H29NS/c1-14-20-16-11-9-10-12-18(16)23(3,4)19(20)13-17-21(14)24(5,6)25(7,8)26-22(17)15(2)27/h9-13,27H,2H2,1,3-8H3. The molecule has 0 saturated carbocycles. The Morgan fingerprint density at radius 1 is 0.963 bits per heavy atom. The van der Waals surface area contributed by atoms with Gasteiger partial charge in [0.2, 0.25) is 0 Å². The van der Waals surface area contributed by atoms with Gasteiger partial charge in [-0.15, -0.1) is 12.6 Å². The minimum atomic E-state index is -0.229. The minimum Gasteiger partial charge on any atom is -0.277 e. The molecule has 27 heavy (non-hydrogen) atoms. The third-order valence-corrected chi connectivity index (χ3v) is 7.41. The van der Waals surface area contributed by atoms with Gasteiger partial charge in [0, 0.05) is 21.3 Å². The van der Waals surface area contributed by atoms with Crippen LogP contribution in [-0.4, -0.2) is 11.3 Å². The Morgan fingerprint density at radius 2 is 1.59 bits per heavy atom. The first kappa shape index (κ1) is 18.6. The van der Waals surface area contributed by atoms with Gasteiger partial charge >= 0.3 is 0 Å². The van der Waals surface area contributed by atoms with Crippen molar-refractivity contribution in [1.29, 1.82) is 0 Å². The van der Waals surface area contributed by atoms with Crippen molar-refractivity contribution >= 4 is 18.3 Å². The van der Waals surface area contributed by atoms with E-state index in [4.69, 9.17) is 4.99 Å². The zero-order chi connectivity index (χ0) is 19.9. The lowest BCUT2D eigenvalue weighted by Gasteiger charge is -2.46. The van der Waals surface area contributed by atoms with Gasteiger partial charge in [-0.25, -0.2) is 0 Å². The first-order valence-electron chi connectivity index (χ1n) is 9.68. The van der Waals surface area contributed by atoms with Gasteiger partial charge in [0.15, 0.2) is 0 Å². The number of thiol groups is 1. The summed E-state index contributed by atoms with van der Waals surface area (Å²) >= 11 is 4.61. The molecule has 2 aliphatic rings. The molecular weight excluding hydrogens is 346 g/mol. The molecule has 0 unspecified atom stereocenters. The van der Waals surface area contributed by atoms with E-state index in [9.17, 15) is 0 Å². The van der Waals surface area contributed by atoms with E-state index in [-0.39, 0.29) is 16.4 Å². The molecule has 0 N–H and O–H groups in total. The number of hydrogen-bond donors (Lipinski definition) is 1. The average Bonchev–Trinajstić information content (AvgIpc) is 2.79. The van der Waals surface area contributed by atoms with Crippen LogP contribution in [0.4, 0.5) is 0 Å². The summed E-state index contributed by atoms with van der Waals surface area (Å²) in [6.45, 7) is 20.1. The molecule has 2 heteroatoms. The first-order chi connectivity index (χ1) is 12.4. The van der Waals surface area contributed by atoms with Crippen LogP contribution in [0, 0.1) is 6.92 Å². The highest BCUT2D eigenvalue weighted by Gasteiger charge is 2.47. The molecule has 140 valence electrons. The maximum Gasteiger partial charge on any atom is 0.0783 e. The van der Waals surface area contributed by atoms with E-state index in [1.165, 1.54) is 38.9 Å². The maximum atomic E-state index is 5.11. The fourth-order valence-electron chi connectivity index (χ4n) is 5.05. The Hall–Kier alpha value is -1.80. The fraction of sp³-hybridized carbons (Fsp3) is 0.400. The highest BCUT2D eigenvalue weighted by atomic mass is 32.1. The van der Waals surface area contributed by atoms with Gasteiger partial charge in [-0.3, -0.25) is 4.99 Å². The molecule has 1 aliphatic carbocycles. The van der Waals surface area contributed by atoms with Crippen LogP contribution in [-0.2, 0) is 10.8 Å². The van der Waals surface area contributed by atoms with Gasteiger partial charge in [0.05, 0.1) is 11.3 Å². The lowest BCUT2D eigenvalue weighted by Crippen LogP contribution is -2.46. The van der Waals surface area contributed by atoms with Crippen molar-refractivity contribution in [2.75, 3.05) is 0 Å². The monoisotopic (exact) mass is 375 g/mol. The summed E-state index contributed by atoms with van der Waals surface area (Å²) in [5.74, 6) is 0. The van der Waals surface area contributed by atoms with Crippen LogP contribution in [0.2, 0.25) is 0 Å². The normalized spacial score (nSPS) is 20.4. The Labute approximate surface area is 169 Å². The lowest BCUT2D eigenvalue weighted by atomic mass is 9.63. The summed E-state index contributed by atoms with van der Waals surface area (Å²) in [5.41, 5.74) is 10.1. The number of hydrogen-bond acceptors (Lipinski definition) is 2. The second kappa shape index (κ2) is 5.38. The van der Waals surface area contributed by atoms with Crippen molar-refractivity contribution in [1.82, 2.24) is 0 Å². The second-order valence-corrected chi connectivity index (χ2v) is 10.1. The van der Waals surface area contributed by atoms with Gasteiger partial charge in [0.1, 0.15) is 0 Å². The van der Waals surface area contributed by atoms with E-state index >= 15 is 0 Å². The van der Waals surface area contributed by atoms with E-state index in [1.54, 1.807) is 0 Å². The van der Waals surface area contributed by atoms with Crippen molar-refractivity contribution in [3.8, 4) is 11.1 Å². The van der Waals surface area contributed by atoms with E-state index in [2.05, 4.69) is 98.0 Å². The zero-order valence-corrected chi connectivity index (χ0v) is 18.4. The van der Waals surface area contributed by atoms with Crippen LogP contribution >= 0.6 is 12.6 Å². The summed E-state index contributed by atoms with van der Waals surface area (Å²) in [7, 11) is 0. The number of benzene rings is 2. The molecule has 0 spiro atoms. The Bertz CT molecular complexity index is 1030. The predicted octanol–water partition coefficient (Wildman–Crippen LogP) is 6.60. The summed E-state index contributed by atoms with van der Waals surface area (Å²) in [6.07, 6.45) is 0. The molecule has 0 aromatic heterocycles. The van der Waals surface area contributed by atoms with Gasteiger partial charge < -0.3 is 0 Å². The molecule has 4 rings (SSSR count). The quantitative estimate of drug-likeness (QED) is 0.539. The molecular formula is C25H29NS. The molecule has 2 aromatic rings. The average molecular weight is 376 g/mol. The number of fused-ring (bicyclic) bond motifs is 4. The van der Waals surface area contributed by atoms with Crippen molar-refractivity contribution in [2.24, 2.45) is 4.99 Å². The lowest BCUT2D eigenvalue weighted by molar-refractivity contribution is 0.302.